The van der Waals surface area contributed by atoms with Gasteiger partial charge < -0.3 is 15.4 Å². The molecule has 2 amide bonds. The summed E-state index contributed by atoms with van der Waals surface area (Å²) in [5.74, 6) is -0.470. The third-order valence-electron chi connectivity index (χ3n) is 3.51. The SMILES string of the molecule is Cc1ccc(NC(=O)C2Oc3ccccc3NC2=O)c(C)c1. The third kappa shape index (κ3) is 2.65. The van der Waals surface area contributed by atoms with Gasteiger partial charge in [0.1, 0.15) is 5.75 Å². The Labute approximate surface area is 128 Å². The first kappa shape index (κ1) is 14.1. The van der Waals surface area contributed by atoms with Crippen LogP contribution in [0.5, 0.6) is 5.75 Å². The van der Waals surface area contributed by atoms with Crippen LogP contribution >= 0.6 is 0 Å². The molecule has 1 heterocycles. The van der Waals surface area contributed by atoms with Crippen LogP contribution < -0.4 is 15.4 Å². The van der Waals surface area contributed by atoms with E-state index in [2.05, 4.69) is 10.6 Å². The molecule has 0 aromatic heterocycles. The normalized spacial score (nSPS) is 16.3. The predicted octanol–water partition coefficient (Wildman–Crippen LogP) is 2.64. The van der Waals surface area contributed by atoms with Crippen molar-refractivity contribution in [3.8, 4) is 5.75 Å². The number of aryl methyl sites for hydroxylation is 2. The second-order valence-corrected chi connectivity index (χ2v) is 5.29. The van der Waals surface area contributed by atoms with Crippen LogP contribution in [0.2, 0.25) is 0 Å². The van der Waals surface area contributed by atoms with Crippen LogP contribution in [0.25, 0.3) is 0 Å². The van der Waals surface area contributed by atoms with Gasteiger partial charge in [0.15, 0.2) is 0 Å². The van der Waals surface area contributed by atoms with Crippen molar-refractivity contribution < 1.29 is 14.3 Å². The van der Waals surface area contributed by atoms with E-state index in [9.17, 15) is 9.59 Å². The van der Waals surface area contributed by atoms with Gasteiger partial charge in [-0.15, -0.1) is 0 Å². The summed E-state index contributed by atoms with van der Waals surface area (Å²) >= 11 is 0. The molecule has 1 aliphatic heterocycles. The second-order valence-electron chi connectivity index (χ2n) is 5.29. The molecule has 2 aromatic rings. The fraction of sp³-hybridized carbons (Fsp3) is 0.176. The standard InChI is InChI=1S/C17H16N2O3/c1-10-7-8-12(11(2)9-10)18-16(20)15-17(21)19-13-5-3-4-6-14(13)22-15/h3-9,15H,1-2H3,(H,18,20)(H,19,21). The maximum Gasteiger partial charge on any atom is 0.275 e. The summed E-state index contributed by atoms with van der Waals surface area (Å²) in [5, 5.41) is 5.42. The van der Waals surface area contributed by atoms with Gasteiger partial charge in [-0.25, -0.2) is 0 Å². The van der Waals surface area contributed by atoms with E-state index in [1.807, 2.05) is 32.0 Å². The lowest BCUT2D eigenvalue weighted by Crippen LogP contribution is -2.45. The number of amides is 2. The van der Waals surface area contributed by atoms with Gasteiger partial charge in [-0.05, 0) is 37.6 Å². The molecule has 0 radical (unpaired) electrons. The van der Waals surface area contributed by atoms with Gasteiger partial charge in [0.05, 0.1) is 5.69 Å². The first-order valence-corrected chi connectivity index (χ1v) is 6.99. The number of rotatable bonds is 2. The quantitative estimate of drug-likeness (QED) is 0.837. The molecule has 1 aliphatic rings. The lowest BCUT2D eigenvalue weighted by Gasteiger charge is -2.25. The lowest BCUT2D eigenvalue weighted by atomic mass is 10.1. The third-order valence-corrected chi connectivity index (χ3v) is 3.51. The zero-order valence-corrected chi connectivity index (χ0v) is 12.3. The van der Waals surface area contributed by atoms with Crippen LogP contribution in [0.3, 0.4) is 0 Å². The molecule has 0 fully saturated rings. The number of carbonyl (C=O) groups excluding carboxylic acids is 2. The highest BCUT2D eigenvalue weighted by Gasteiger charge is 2.33. The molecule has 0 spiro atoms. The van der Waals surface area contributed by atoms with Gasteiger partial charge in [0, 0.05) is 5.69 Å². The highest BCUT2D eigenvalue weighted by atomic mass is 16.5. The van der Waals surface area contributed by atoms with Crippen LogP contribution in [0.15, 0.2) is 42.5 Å². The van der Waals surface area contributed by atoms with E-state index < -0.39 is 17.9 Å². The van der Waals surface area contributed by atoms with E-state index in [1.54, 1.807) is 24.3 Å². The largest absolute Gasteiger partial charge is 0.468 e. The van der Waals surface area contributed by atoms with Gasteiger partial charge in [-0.2, -0.15) is 0 Å². The van der Waals surface area contributed by atoms with Crippen LogP contribution in [0.1, 0.15) is 11.1 Å². The molecule has 2 N–H and O–H groups in total. The minimum Gasteiger partial charge on any atom is -0.468 e. The van der Waals surface area contributed by atoms with E-state index >= 15 is 0 Å². The number of benzene rings is 2. The number of anilines is 2. The van der Waals surface area contributed by atoms with Crippen LogP contribution in [0.4, 0.5) is 11.4 Å². The van der Waals surface area contributed by atoms with Gasteiger partial charge in [-0.3, -0.25) is 9.59 Å². The summed E-state index contributed by atoms with van der Waals surface area (Å²) in [6, 6.07) is 12.7. The molecular weight excluding hydrogens is 280 g/mol. The number of hydrogen-bond donors (Lipinski definition) is 2. The molecule has 5 nitrogen and oxygen atoms in total. The number of hydrogen-bond acceptors (Lipinski definition) is 3. The van der Waals surface area contributed by atoms with E-state index in [-0.39, 0.29) is 0 Å². The van der Waals surface area contributed by atoms with Crippen LogP contribution in [0, 0.1) is 13.8 Å². The summed E-state index contributed by atoms with van der Waals surface area (Å²) < 4.78 is 5.52. The minimum absolute atomic E-state index is 0.471. The maximum absolute atomic E-state index is 12.3. The lowest BCUT2D eigenvalue weighted by molar-refractivity contribution is -0.133. The van der Waals surface area contributed by atoms with Crippen molar-refractivity contribution >= 4 is 23.2 Å². The fourth-order valence-electron chi connectivity index (χ4n) is 2.38. The van der Waals surface area contributed by atoms with Crippen molar-refractivity contribution in [3.05, 3.63) is 53.6 Å². The van der Waals surface area contributed by atoms with Crippen molar-refractivity contribution in [3.63, 3.8) is 0 Å². The Balaban J connectivity index is 1.79. The molecular formula is C17H16N2O3. The Morgan fingerprint density at radius 3 is 2.73 bits per heavy atom. The summed E-state index contributed by atoms with van der Waals surface area (Å²) in [7, 11) is 0. The number of nitrogens with one attached hydrogen (secondary N) is 2. The molecule has 0 aliphatic carbocycles. The molecule has 5 heteroatoms. The minimum atomic E-state index is -1.20. The van der Waals surface area contributed by atoms with Crippen LogP contribution in [-0.2, 0) is 9.59 Å². The van der Waals surface area contributed by atoms with Gasteiger partial charge >= 0.3 is 0 Å². The van der Waals surface area contributed by atoms with Crippen LogP contribution in [-0.4, -0.2) is 17.9 Å². The summed E-state index contributed by atoms with van der Waals surface area (Å²) in [5.41, 5.74) is 3.29. The monoisotopic (exact) mass is 296 g/mol. The molecule has 0 saturated carbocycles. The van der Waals surface area contributed by atoms with E-state index in [1.165, 1.54) is 0 Å². The van der Waals surface area contributed by atoms with Crippen molar-refractivity contribution in [2.24, 2.45) is 0 Å². The Morgan fingerprint density at radius 1 is 1.18 bits per heavy atom. The molecule has 112 valence electrons. The highest BCUT2D eigenvalue weighted by Crippen LogP contribution is 2.29. The van der Waals surface area contributed by atoms with Crippen molar-refractivity contribution in [2.45, 2.75) is 20.0 Å². The predicted molar refractivity (Wildman–Crippen MR) is 84.0 cm³/mol. The maximum atomic E-state index is 12.3. The first-order valence-electron chi connectivity index (χ1n) is 6.99. The number of carbonyl (C=O) groups is 2. The van der Waals surface area contributed by atoms with E-state index in [0.717, 1.165) is 11.1 Å². The first-order chi connectivity index (χ1) is 10.5. The van der Waals surface area contributed by atoms with Crippen molar-refractivity contribution in [1.82, 2.24) is 0 Å². The topological polar surface area (TPSA) is 67.4 Å². The van der Waals surface area contributed by atoms with Gasteiger partial charge in [0.25, 0.3) is 17.9 Å². The van der Waals surface area contributed by atoms with Gasteiger partial charge in [-0.1, -0.05) is 29.8 Å². The van der Waals surface area contributed by atoms with Crippen molar-refractivity contribution in [1.29, 1.82) is 0 Å². The molecule has 3 rings (SSSR count). The summed E-state index contributed by atoms with van der Waals surface area (Å²) in [4.78, 5) is 24.4. The number of ether oxygens (including phenoxy) is 1. The van der Waals surface area contributed by atoms with E-state index in [0.29, 0.717) is 17.1 Å². The fourth-order valence-corrected chi connectivity index (χ4v) is 2.38. The number of fused-ring (bicyclic) bond motifs is 1. The zero-order valence-electron chi connectivity index (χ0n) is 12.3. The molecule has 1 atom stereocenters. The molecule has 0 saturated heterocycles. The van der Waals surface area contributed by atoms with E-state index in [4.69, 9.17) is 4.74 Å². The Morgan fingerprint density at radius 2 is 1.95 bits per heavy atom. The smallest absolute Gasteiger partial charge is 0.275 e. The highest BCUT2D eigenvalue weighted by molar-refractivity contribution is 6.15. The Bertz CT molecular complexity index is 755. The van der Waals surface area contributed by atoms with Crippen molar-refractivity contribution in [2.75, 3.05) is 10.6 Å². The summed E-state index contributed by atoms with van der Waals surface area (Å²) in [6.07, 6.45) is -1.20. The average molecular weight is 296 g/mol. The summed E-state index contributed by atoms with van der Waals surface area (Å²) in [6.45, 7) is 3.88. The van der Waals surface area contributed by atoms with Gasteiger partial charge in [0.2, 0.25) is 0 Å². The Hall–Kier alpha value is -2.82. The zero-order chi connectivity index (χ0) is 15.7. The average Bonchev–Trinajstić information content (AvgIpc) is 2.49. The molecule has 0 bridgehead atoms. The molecule has 1 unspecified atom stereocenters. The Kier molecular flexibility index (Phi) is 3.55. The second kappa shape index (κ2) is 5.52. The molecule has 22 heavy (non-hydrogen) atoms. The number of para-hydroxylation sites is 2. The molecule has 2 aromatic carbocycles.